The number of ether oxygens (including phenoxy) is 2. The lowest BCUT2D eigenvalue weighted by Crippen LogP contribution is -2.59. The molecule has 1 N–H and O–H groups in total. The number of likely N-dealkylation sites (tertiary alicyclic amines) is 1. The molecule has 4 aliphatic heterocycles. The lowest BCUT2D eigenvalue weighted by molar-refractivity contribution is -0.154. The molecular formula is C29H30N2O6. The van der Waals surface area contributed by atoms with E-state index in [1.807, 2.05) is 62.4 Å². The maximum atomic E-state index is 14.5. The highest BCUT2D eigenvalue weighted by Gasteiger charge is 2.72. The summed E-state index contributed by atoms with van der Waals surface area (Å²) in [5.41, 5.74) is -0.643. The molecule has 0 aromatic heterocycles. The maximum Gasteiger partial charge on any atom is 0.313 e. The number of rotatable bonds is 4. The minimum Gasteiger partial charge on any atom is -0.461 e. The number of carbonyl (C=O) groups is 3. The quantitative estimate of drug-likeness (QED) is 0.510. The zero-order valence-corrected chi connectivity index (χ0v) is 20.8. The SMILES string of the molecule is CC(C)[C@H](CO)N1C(=O)[C@@H]2[C@@H]3C(=O)OCC=C[C@@H]3O[C@@]23C=CCN(c2ccc4ccccc4c2)C(=O)C13. The van der Waals surface area contributed by atoms with Gasteiger partial charge in [0.2, 0.25) is 5.91 Å². The van der Waals surface area contributed by atoms with E-state index >= 15 is 0 Å². The van der Waals surface area contributed by atoms with E-state index in [2.05, 4.69) is 0 Å². The van der Waals surface area contributed by atoms with Gasteiger partial charge in [0, 0.05) is 12.2 Å². The van der Waals surface area contributed by atoms with Crippen LogP contribution >= 0.6 is 0 Å². The van der Waals surface area contributed by atoms with Crippen LogP contribution < -0.4 is 4.90 Å². The average molecular weight is 503 g/mol. The van der Waals surface area contributed by atoms with Crippen molar-refractivity contribution in [3.63, 3.8) is 0 Å². The van der Waals surface area contributed by atoms with Crippen LogP contribution in [0.15, 0.2) is 66.8 Å². The van der Waals surface area contributed by atoms with Crippen LogP contribution in [0.25, 0.3) is 10.8 Å². The van der Waals surface area contributed by atoms with Crippen LogP contribution in [0.4, 0.5) is 5.69 Å². The number of benzene rings is 2. The third-order valence-electron chi connectivity index (χ3n) is 8.21. The summed E-state index contributed by atoms with van der Waals surface area (Å²) in [7, 11) is 0. The zero-order valence-electron chi connectivity index (χ0n) is 20.8. The van der Waals surface area contributed by atoms with E-state index in [1.54, 1.807) is 23.1 Å². The van der Waals surface area contributed by atoms with Gasteiger partial charge in [0.15, 0.2) is 0 Å². The van der Waals surface area contributed by atoms with Crippen molar-refractivity contribution in [3.8, 4) is 0 Å². The number of aliphatic hydroxyl groups is 1. The third-order valence-corrected chi connectivity index (χ3v) is 8.21. The number of cyclic esters (lactones) is 1. The number of hydrogen-bond acceptors (Lipinski definition) is 6. The fourth-order valence-electron chi connectivity index (χ4n) is 6.46. The lowest BCUT2D eigenvalue weighted by Gasteiger charge is -2.39. The van der Waals surface area contributed by atoms with Crippen LogP contribution in [0.1, 0.15) is 13.8 Å². The van der Waals surface area contributed by atoms with Gasteiger partial charge in [0.1, 0.15) is 24.2 Å². The Balaban J connectivity index is 1.49. The van der Waals surface area contributed by atoms with Crippen LogP contribution in [-0.4, -0.2) is 71.3 Å². The summed E-state index contributed by atoms with van der Waals surface area (Å²) < 4.78 is 11.9. The fourth-order valence-corrected chi connectivity index (χ4v) is 6.46. The first-order chi connectivity index (χ1) is 17.9. The predicted molar refractivity (Wildman–Crippen MR) is 136 cm³/mol. The van der Waals surface area contributed by atoms with E-state index in [1.165, 1.54) is 4.90 Å². The number of nitrogens with zero attached hydrogens (tertiary/aromatic N) is 2. The molecule has 6 atom stereocenters. The van der Waals surface area contributed by atoms with Gasteiger partial charge in [-0.1, -0.05) is 62.4 Å². The molecule has 0 radical (unpaired) electrons. The molecule has 2 fully saturated rings. The van der Waals surface area contributed by atoms with Crippen molar-refractivity contribution in [1.82, 2.24) is 4.90 Å². The second-order valence-electron chi connectivity index (χ2n) is 10.5. The highest BCUT2D eigenvalue weighted by atomic mass is 16.6. The Bertz CT molecular complexity index is 1330. The van der Waals surface area contributed by atoms with Crippen molar-refractivity contribution in [2.75, 3.05) is 24.7 Å². The number of carbonyl (C=O) groups excluding carboxylic acids is 3. The number of esters is 1. The van der Waals surface area contributed by atoms with Gasteiger partial charge in [0.05, 0.1) is 24.7 Å². The summed E-state index contributed by atoms with van der Waals surface area (Å²) in [6, 6.07) is 12.1. The number of aliphatic hydroxyl groups excluding tert-OH is 1. The number of amides is 2. The second-order valence-corrected chi connectivity index (χ2v) is 10.5. The Hall–Kier alpha value is -3.49. The Labute approximate surface area is 215 Å². The summed E-state index contributed by atoms with van der Waals surface area (Å²) in [4.78, 5) is 44.8. The van der Waals surface area contributed by atoms with E-state index in [0.29, 0.717) is 5.69 Å². The zero-order chi connectivity index (χ0) is 25.9. The molecule has 4 aliphatic rings. The Morgan fingerprint density at radius 1 is 1.05 bits per heavy atom. The molecule has 8 heteroatoms. The summed E-state index contributed by atoms with van der Waals surface area (Å²) >= 11 is 0. The topological polar surface area (TPSA) is 96.4 Å². The minimum absolute atomic E-state index is 0.117. The van der Waals surface area contributed by atoms with Gasteiger partial charge >= 0.3 is 5.97 Å². The molecule has 4 heterocycles. The highest BCUT2D eigenvalue weighted by molar-refractivity contribution is 6.06. The Morgan fingerprint density at radius 3 is 2.59 bits per heavy atom. The van der Waals surface area contributed by atoms with Gasteiger partial charge in [-0.3, -0.25) is 14.4 Å². The molecule has 37 heavy (non-hydrogen) atoms. The third kappa shape index (κ3) is 3.46. The molecule has 2 amide bonds. The molecule has 0 aliphatic carbocycles. The normalized spacial score (nSPS) is 31.7. The Kier molecular flexibility index (Phi) is 5.69. The summed E-state index contributed by atoms with van der Waals surface area (Å²) in [6.45, 7) is 3.90. The van der Waals surface area contributed by atoms with Crippen molar-refractivity contribution >= 4 is 34.2 Å². The Morgan fingerprint density at radius 2 is 1.84 bits per heavy atom. The molecule has 2 aromatic carbocycles. The van der Waals surface area contributed by atoms with E-state index in [0.717, 1.165) is 10.8 Å². The van der Waals surface area contributed by atoms with E-state index in [9.17, 15) is 19.5 Å². The largest absolute Gasteiger partial charge is 0.461 e. The van der Waals surface area contributed by atoms with E-state index < -0.39 is 41.6 Å². The first-order valence-electron chi connectivity index (χ1n) is 12.8. The molecule has 6 rings (SSSR count). The van der Waals surface area contributed by atoms with Crippen LogP contribution in [0.5, 0.6) is 0 Å². The van der Waals surface area contributed by atoms with Crippen molar-refractivity contribution in [2.45, 2.75) is 37.6 Å². The van der Waals surface area contributed by atoms with Gasteiger partial charge < -0.3 is 24.4 Å². The molecule has 1 unspecified atom stereocenters. The smallest absolute Gasteiger partial charge is 0.313 e. The van der Waals surface area contributed by atoms with E-state index in [-0.39, 0.29) is 37.5 Å². The number of fused-ring (bicyclic) bond motifs is 3. The minimum atomic E-state index is -1.35. The first kappa shape index (κ1) is 23.9. The molecule has 8 nitrogen and oxygen atoms in total. The number of hydrogen-bond donors (Lipinski definition) is 1. The molecule has 192 valence electrons. The van der Waals surface area contributed by atoms with Crippen LogP contribution in [0, 0.1) is 17.8 Å². The average Bonchev–Trinajstić information content (AvgIpc) is 3.18. The van der Waals surface area contributed by atoms with Gasteiger partial charge in [-0.15, -0.1) is 0 Å². The molecule has 1 spiro atoms. The van der Waals surface area contributed by atoms with Crippen molar-refractivity contribution < 1.29 is 29.0 Å². The fraction of sp³-hybridized carbons (Fsp3) is 0.414. The monoisotopic (exact) mass is 502 g/mol. The highest BCUT2D eigenvalue weighted by Crippen LogP contribution is 2.54. The standard InChI is InChI=1S/C29H30N2O6/c1-17(2)21(16-32)31-25-27(34)30(20-11-10-18-7-3-4-8-19(18)15-20)13-6-12-29(25)24(26(31)33)23-22(37-29)9-5-14-36-28(23)35/h3-12,15,17,21-25,32H,13-14,16H2,1-2H3/t21-,22-,23+,24-,25?,29-/m0/s1. The molecule has 0 bridgehead atoms. The summed E-state index contributed by atoms with van der Waals surface area (Å²) in [5, 5.41) is 12.4. The molecular weight excluding hydrogens is 472 g/mol. The summed E-state index contributed by atoms with van der Waals surface area (Å²) in [5.74, 6) is -3.10. The van der Waals surface area contributed by atoms with Crippen molar-refractivity contribution in [2.24, 2.45) is 17.8 Å². The van der Waals surface area contributed by atoms with Crippen molar-refractivity contribution in [1.29, 1.82) is 0 Å². The van der Waals surface area contributed by atoms with Gasteiger partial charge in [-0.25, -0.2) is 0 Å². The molecule has 0 saturated carbocycles. The summed E-state index contributed by atoms with van der Waals surface area (Å²) in [6.07, 6.45) is 6.44. The second kappa shape index (κ2) is 8.82. The van der Waals surface area contributed by atoms with Gasteiger partial charge in [0.25, 0.3) is 5.91 Å². The van der Waals surface area contributed by atoms with Gasteiger partial charge in [-0.05, 0) is 34.9 Å². The van der Waals surface area contributed by atoms with Crippen LogP contribution in [-0.2, 0) is 23.9 Å². The maximum absolute atomic E-state index is 14.5. The van der Waals surface area contributed by atoms with Crippen molar-refractivity contribution in [3.05, 3.63) is 66.8 Å². The molecule has 2 aromatic rings. The van der Waals surface area contributed by atoms with E-state index in [4.69, 9.17) is 9.47 Å². The molecule has 2 saturated heterocycles. The van der Waals surface area contributed by atoms with Crippen LogP contribution in [0.2, 0.25) is 0 Å². The number of anilines is 1. The van der Waals surface area contributed by atoms with Gasteiger partial charge in [-0.2, -0.15) is 0 Å². The lowest BCUT2D eigenvalue weighted by atomic mass is 9.78. The first-order valence-corrected chi connectivity index (χ1v) is 12.8. The van der Waals surface area contributed by atoms with Crippen LogP contribution in [0.3, 0.4) is 0 Å². The predicted octanol–water partition coefficient (Wildman–Crippen LogP) is 2.45.